The van der Waals surface area contributed by atoms with Crippen LogP contribution in [0.2, 0.25) is 0 Å². The number of benzene rings is 1. The number of nitrogens with zero attached hydrogens (tertiary/aromatic N) is 2. The topological polar surface area (TPSA) is 98.2 Å². The second-order valence-electron chi connectivity index (χ2n) is 4.06. The molecule has 2 rings (SSSR count). The fourth-order valence-corrected chi connectivity index (χ4v) is 2.98. The smallest absolute Gasteiger partial charge is 0.257 e. The number of ether oxygens (including phenoxy) is 1. The summed E-state index contributed by atoms with van der Waals surface area (Å²) in [4.78, 5) is 12.1. The molecule has 21 heavy (non-hydrogen) atoms. The van der Waals surface area contributed by atoms with E-state index >= 15 is 0 Å². The van der Waals surface area contributed by atoms with Gasteiger partial charge in [0.15, 0.2) is 0 Å². The summed E-state index contributed by atoms with van der Waals surface area (Å²) in [7, 11) is -3.42. The minimum absolute atomic E-state index is 0.127. The van der Waals surface area contributed by atoms with Crippen LogP contribution >= 0.6 is 11.3 Å². The zero-order valence-corrected chi connectivity index (χ0v) is 13.0. The van der Waals surface area contributed by atoms with E-state index in [4.69, 9.17) is 4.74 Å². The van der Waals surface area contributed by atoms with E-state index in [0.29, 0.717) is 17.9 Å². The van der Waals surface area contributed by atoms with Crippen molar-refractivity contribution in [3.05, 3.63) is 29.8 Å². The van der Waals surface area contributed by atoms with Crippen LogP contribution in [0.4, 0.5) is 5.13 Å². The number of carbonyl (C=O) groups excluding carboxylic acids is 1. The highest BCUT2D eigenvalue weighted by molar-refractivity contribution is 7.92. The Labute approximate surface area is 125 Å². The normalized spacial score (nSPS) is 11.1. The second-order valence-corrected chi connectivity index (χ2v) is 7.23. The molecule has 7 nitrogen and oxygen atoms in total. The number of carbonyl (C=O) groups is 1. The van der Waals surface area contributed by atoms with Gasteiger partial charge in [0.1, 0.15) is 5.75 Å². The predicted octanol–water partition coefficient (Wildman–Crippen LogP) is 1.59. The Morgan fingerprint density at radius 3 is 2.76 bits per heavy atom. The molecule has 9 heteroatoms. The van der Waals surface area contributed by atoms with Crippen LogP contribution in [-0.2, 0) is 9.84 Å². The maximum absolute atomic E-state index is 12.1. The van der Waals surface area contributed by atoms with Crippen LogP contribution in [-0.4, -0.2) is 37.4 Å². The van der Waals surface area contributed by atoms with Gasteiger partial charge in [-0.2, -0.15) is 0 Å². The molecule has 1 aromatic carbocycles. The van der Waals surface area contributed by atoms with E-state index in [1.807, 2.05) is 6.92 Å². The molecule has 0 spiro atoms. The lowest BCUT2D eigenvalue weighted by Gasteiger charge is -2.05. The highest BCUT2D eigenvalue weighted by Gasteiger charge is 2.16. The number of amides is 1. The van der Waals surface area contributed by atoms with Crippen molar-refractivity contribution in [1.82, 2.24) is 10.2 Å². The third-order valence-corrected chi connectivity index (χ3v) is 4.86. The molecule has 0 aliphatic heterocycles. The molecule has 0 atom stereocenters. The van der Waals surface area contributed by atoms with Crippen LogP contribution in [0.3, 0.4) is 0 Å². The highest BCUT2D eigenvalue weighted by atomic mass is 32.2. The lowest BCUT2D eigenvalue weighted by molar-refractivity contribution is 0.102. The maximum atomic E-state index is 12.1. The molecule has 0 bridgehead atoms. The number of anilines is 1. The van der Waals surface area contributed by atoms with Crippen molar-refractivity contribution in [3.8, 4) is 5.75 Å². The molecule has 0 saturated heterocycles. The molecule has 1 aromatic heterocycles. The minimum Gasteiger partial charge on any atom is -0.494 e. The van der Waals surface area contributed by atoms with Gasteiger partial charge in [-0.05, 0) is 25.1 Å². The first-order valence-electron chi connectivity index (χ1n) is 5.98. The Kier molecular flexibility index (Phi) is 4.53. The van der Waals surface area contributed by atoms with E-state index in [1.54, 1.807) is 24.3 Å². The van der Waals surface area contributed by atoms with E-state index < -0.39 is 15.7 Å². The van der Waals surface area contributed by atoms with E-state index in [2.05, 4.69) is 15.5 Å². The first-order valence-corrected chi connectivity index (χ1v) is 8.68. The summed E-state index contributed by atoms with van der Waals surface area (Å²) in [5.74, 6) is 0.173. The molecule has 0 saturated carbocycles. The zero-order chi connectivity index (χ0) is 15.5. The standard InChI is InChI=1S/C12H13N3O4S2/c1-3-19-9-6-4-5-8(7-9)10(16)13-11-14-15-12(20-11)21(2,17)18/h4-7H,3H2,1-2H3,(H,13,14,16). The molecule has 1 N–H and O–H groups in total. The monoisotopic (exact) mass is 327 g/mol. The van der Waals surface area contributed by atoms with Gasteiger partial charge in [0.25, 0.3) is 5.91 Å². The number of hydrogen-bond acceptors (Lipinski definition) is 7. The Morgan fingerprint density at radius 1 is 1.38 bits per heavy atom. The first kappa shape index (κ1) is 15.4. The average molecular weight is 327 g/mol. The SMILES string of the molecule is CCOc1cccc(C(=O)Nc2nnc(S(C)(=O)=O)s2)c1. The van der Waals surface area contributed by atoms with E-state index in [9.17, 15) is 13.2 Å². The molecule has 1 heterocycles. The van der Waals surface area contributed by atoms with Gasteiger partial charge in [-0.25, -0.2) is 8.42 Å². The number of rotatable bonds is 5. The summed E-state index contributed by atoms with van der Waals surface area (Å²) in [6, 6.07) is 6.66. The van der Waals surface area contributed by atoms with Crippen molar-refractivity contribution in [2.45, 2.75) is 11.3 Å². The summed E-state index contributed by atoms with van der Waals surface area (Å²) < 4.78 is 27.8. The first-order chi connectivity index (χ1) is 9.90. The van der Waals surface area contributed by atoms with Gasteiger partial charge in [0.05, 0.1) is 6.61 Å². The van der Waals surface area contributed by atoms with Crippen molar-refractivity contribution < 1.29 is 17.9 Å². The Hall–Kier alpha value is -2.00. The Morgan fingerprint density at radius 2 is 2.14 bits per heavy atom. The van der Waals surface area contributed by atoms with E-state index in [-0.39, 0.29) is 9.47 Å². The van der Waals surface area contributed by atoms with Gasteiger partial charge in [0.2, 0.25) is 19.3 Å². The van der Waals surface area contributed by atoms with Gasteiger partial charge in [-0.3, -0.25) is 10.1 Å². The van der Waals surface area contributed by atoms with Gasteiger partial charge < -0.3 is 4.74 Å². The van der Waals surface area contributed by atoms with Gasteiger partial charge in [-0.15, -0.1) is 10.2 Å². The molecule has 0 fully saturated rings. The van der Waals surface area contributed by atoms with Crippen molar-refractivity contribution in [2.24, 2.45) is 0 Å². The lowest BCUT2D eigenvalue weighted by atomic mass is 10.2. The van der Waals surface area contributed by atoms with Gasteiger partial charge in [0, 0.05) is 11.8 Å². The Bertz CT molecular complexity index is 755. The summed E-state index contributed by atoms with van der Waals surface area (Å²) in [5.41, 5.74) is 0.386. The van der Waals surface area contributed by atoms with E-state index in [1.165, 1.54) is 0 Å². The molecule has 2 aromatic rings. The number of hydrogen-bond donors (Lipinski definition) is 1. The predicted molar refractivity (Wildman–Crippen MR) is 78.6 cm³/mol. The largest absolute Gasteiger partial charge is 0.494 e. The van der Waals surface area contributed by atoms with Crippen molar-refractivity contribution in [3.63, 3.8) is 0 Å². The van der Waals surface area contributed by atoms with Gasteiger partial charge in [-0.1, -0.05) is 17.4 Å². The maximum Gasteiger partial charge on any atom is 0.257 e. The number of nitrogens with one attached hydrogen (secondary N) is 1. The minimum atomic E-state index is -3.42. The van der Waals surface area contributed by atoms with Crippen LogP contribution in [0, 0.1) is 0 Å². The van der Waals surface area contributed by atoms with Crippen LogP contribution in [0.25, 0.3) is 0 Å². The third kappa shape index (κ3) is 3.99. The fraction of sp³-hybridized carbons (Fsp3) is 0.250. The summed E-state index contributed by atoms with van der Waals surface area (Å²) in [6.07, 6.45) is 1.03. The molecular weight excluding hydrogens is 314 g/mol. The highest BCUT2D eigenvalue weighted by Crippen LogP contribution is 2.21. The summed E-state index contributed by atoms with van der Waals surface area (Å²) in [5, 5.41) is 9.79. The molecule has 112 valence electrons. The molecular formula is C12H13N3O4S2. The van der Waals surface area contributed by atoms with Crippen molar-refractivity contribution in [2.75, 3.05) is 18.2 Å². The zero-order valence-electron chi connectivity index (χ0n) is 11.4. The fourth-order valence-electron chi connectivity index (χ4n) is 1.47. The summed E-state index contributed by atoms with van der Waals surface area (Å²) in [6.45, 7) is 2.35. The van der Waals surface area contributed by atoms with Crippen LogP contribution < -0.4 is 10.1 Å². The van der Waals surface area contributed by atoms with Crippen molar-refractivity contribution >= 4 is 32.2 Å². The average Bonchev–Trinajstić information content (AvgIpc) is 2.88. The van der Waals surface area contributed by atoms with Gasteiger partial charge >= 0.3 is 0 Å². The Balaban J connectivity index is 2.14. The van der Waals surface area contributed by atoms with Crippen molar-refractivity contribution in [1.29, 1.82) is 0 Å². The third-order valence-electron chi connectivity index (χ3n) is 2.35. The molecule has 0 aliphatic rings. The molecule has 0 radical (unpaired) electrons. The quantitative estimate of drug-likeness (QED) is 0.838. The van der Waals surface area contributed by atoms with E-state index in [0.717, 1.165) is 17.6 Å². The molecule has 0 aliphatic carbocycles. The molecule has 0 unspecified atom stereocenters. The van der Waals surface area contributed by atoms with Crippen LogP contribution in [0.1, 0.15) is 17.3 Å². The number of sulfone groups is 1. The lowest BCUT2D eigenvalue weighted by Crippen LogP contribution is -2.11. The van der Waals surface area contributed by atoms with Crippen LogP contribution in [0.15, 0.2) is 28.6 Å². The van der Waals surface area contributed by atoms with Crippen LogP contribution in [0.5, 0.6) is 5.75 Å². The summed E-state index contributed by atoms with van der Waals surface area (Å²) >= 11 is 0.804. The number of aromatic nitrogens is 2. The second kappa shape index (κ2) is 6.19. The molecule has 1 amide bonds.